The summed E-state index contributed by atoms with van der Waals surface area (Å²) in [5, 5.41) is 7.75. The van der Waals surface area contributed by atoms with E-state index in [-0.39, 0.29) is 37.7 Å². The predicted molar refractivity (Wildman–Crippen MR) is 100.0 cm³/mol. The van der Waals surface area contributed by atoms with Crippen LogP contribution < -0.4 is 4.74 Å². The van der Waals surface area contributed by atoms with Crippen molar-refractivity contribution in [3.05, 3.63) is 47.2 Å². The number of rotatable bonds is 5. The molecule has 1 aliphatic rings. The summed E-state index contributed by atoms with van der Waals surface area (Å²) in [4.78, 5) is 18.3. The van der Waals surface area contributed by atoms with Crippen LogP contribution in [0.2, 0.25) is 0 Å². The number of ether oxygens (including phenoxy) is 1. The summed E-state index contributed by atoms with van der Waals surface area (Å²) in [5.74, 6) is 1.29. The van der Waals surface area contributed by atoms with Gasteiger partial charge in [0.15, 0.2) is 0 Å². The second-order valence-electron chi connectivity index (χ2n) is 7.16. The van der Waals surface area contributed by atoms with Gasteiger partial charge in [-0.2, -0.15) is 4.98 Å². The number of aromatic nitrogens is 3. The second kappa shape index (κ2) is 7.31. The zero-order chi connectivity index (χ0) is 20.6. The smallest absolute Gasteiger partial charge is 0.266 e. The molecule has 1 unspecified atom stereocenters. The summed E-state index contributed by atoms with van der Waals surface area (Å²) < 4.78 is 30.9. The molecule has 0 aliphatic carbocycles. The molecule has 1 amide bonds. The van der Waals surface area contributed by atoms with Crippen molar-refractivity contribution in [2.45, 2.75) is 32.4 Å². The van der Waals surface area contributed by atoms with E-state index in [1.807, 2.05) is 0 Å². The van der Waals surface area contributed by atoms with Gasteiger partial charge in [-0.1, -0.05) is 10.3 Å². The predicted octanol–water partition coefficient (Wildman–Crippen LogP) is 2.99. The Morgan fingerprint density at radius 1 is 1.24 bits per heavy atom. The molecule has 0 spiro atoms. The Hall–Kier alpha value is -3.23. The zero-order valence-electron chi connectivity index (χ0n) is 16.4. The lowest BCUT2D eigenvalue weighted by molar-refractivity contribution is -0.130. The summed E-state index contributed by atoms with van der Waals surface area (Å²) in [7, 11) is 1.58. The first-order valence-electron chi connectivity index (χ1n) is 9.26. The van der Waals surface area contributed by atoms with Gasteiger partial charge in [0.1, 0.15) is 11.5 Å². The maximum atomic E-state index is 15.5. The lowest BCUT2D eigenvalue weighted by atomic mass is 10.1. The number of likely N-dealkylation sites (tertiary alicyclic amines) is 1. The van der Waals surface area contributed by atoms with E-state index in [0.717, 1.165) is 5.56 Å². The van der Waals surface area contributed by atoms with Crippen molar-refractivity contribution in [2.75, 3.05) is 20.2 Å². The Morgan fingerprint density at radius 2 is 2.00 bits per heavy atom. The Kier molecular flexibility index (Phi) is 4.81. The average molecular weight is 400 g/mol. The van der Waals surface area contributed by atoms with Gasteiger partial charge >= 0.3 is 0 Å². The first-order chi connectivity index (χ1) is 13.9. The van der Waals surface area contributed by atoms with E-state index in [0.29, 0.717) is 28.6 Å². The molecule has 2 aromatic heterocycles. The van der Waals surface area contributed by atoms with Gasteiger partial charge in [-0.25, -0.2) is 4.39 Å². The Bertz CT molecular complexity index is 1010. The zero-order valence-corrected chi connectivity index (χ0v) is 16.4. The molecule has 4 rings (SSSR count). The largest absolute Gasteiger partial charge is 0.497 e. The number of carbonyl (C=O) groups excluding carboxylic acids is 1. The number of amides is 1. The molecule has 3 heterocycles. The maximum Gasteiger partial charge on any atom is 0.266 e. The van der Waals surface area contributed by atoms with E-state index in [9.17, 15) is 4.79 Å². The van der Waals surface area contributed by atoms with Crippen molar-refractivity contribution in [1.82, 2.24) is 20.2 Å². The Morgan fingerprint density at radius 3 is 2.66 bits per heavy atom. The number of aryl methyl sites for hydroxylation is 2. The van der Waals surface area contributed by atoms with Gasteiger partial charge in [0.2, 0.25) is 17.4 Å². The van der Waals surface area contributed by atoms with Crippen LogP contribution in [0.4, 0.5) is 4.39 Å². The molecule has 1 aromatic carbocycles. The van der Waals surface area contributed by atoms with Gasteiger partial charge in [-0.05, 0) is 38.1 Å². The van der Waals surface area contributed by atoms with Crippen LogP contribution in [0.25, 0.3) is 11.4 Å². The molecule has 1 atom stereocenters. The maximum absolute atomic E-state index is 15.5. The third-order valence-electron chi connectivity index (χ3n) is 5.24. The second-order valence-corrected chi connectivity index (χ2v) is 7.16. The van der Waals surface area contributed by atoms with Crippen LogP contribution in [0.15, 0.2) is 33.3 Å². The number of nitrogens with zero attached hydrogens (tertiary/aromatic N) is 4. The van der Waals surface area contributed by atoms with Gasteiger partial charge in [0.25, 0.3) is 5.89 Å². The van der Waals surface area contributed by atoms with Crippen LogP contribution in [-0.4, -0.2) is 46.3 Å². The number of hydrogen-bond acceptors (Lipinski definition) is 7. The highest BCUT2D eigenvalue weighted by molar-refractivity contribution is 5.79. The molecule has 0 radical (unpaired) electrons. The highest BCUT2D eigenvalue weighted by Crippen LogP contribution is 2.36. The van der Waals surface area contributed by atoms with Gasteiger partial charge in [-0.3, -0.25) is 4.79 Å². The van der Waals surface area contributed by atoms with E-state index in [1.54, 1.807) is 45.2 Å². The summed E-state index contributed by atoms with van der Waals surface area (Å²) in [6.45, 7) is 3.69. The Labute approximate surface area is 166 Å². The molecule has 152 valence electrons. The lowest BCUT2D eigenvalue weighted by Crippen LogP contribution is -2.33. The van der Waals surface area contributed by atoms with E-state index >= 15 is 4.39 Å². The third-order valence-corrected chi connectivity index (χ3v) is 5.24. The number of methoxy groups -OCH3 is 1. The third kappa shape index (κ3) is 3.59. The summed E-state index contributed by atoms with van der Waals surface area (Å²) in [6, 6.07) is 7.07. The van der Waals surface area contributed by atoms with E-state index in [1.165, 1.54) is 4.90 Å². The molecular weight excluding hydrogens is 379 g/mol. The lowest BCUT2D eigenvalue weighted by Gasteiger charge is -2.18. The van der Waals surface area contributed by atoms with Crippen molar-refractivity contribution in [3.8, 4) is 17.1 Å². The topological polar surface area (TPSA) is 94.5 Å². The van der Waals surface area contributed by atoms with Crippen LogP contribution in [0, 0.1) is 13.8 Å². The molecule has 1 aliphatic heterocycles. The number of alkyl halides is 1. The standard InChI is InChI=1S/C20H21FN4O4/c1-12-16(13(2)28-23-12)10-17(26)25-9-8-20(21,11-25)19-22-18(24-29-19)14-4-6-15(27-3)7-5-14/h4-7H,8-11H2,1-3H3. The van der Waals surface area contributed by atoms with Crippen molar-refractivity contribution in [2.24, 2.45) is 0 Å². The number of carbonyl (C=O) groups is 1. The molecule has 1 saturated heterocycles. The fraction of sp³-hybridized carbons (Fsp3) is 0.400. The van der Waals surface area contributed by atoms with Crippen LogP contribution in [0.5, 0.6) is 5.75 Å². The number of halogens is 1. The number of hydrogen-bond donors (Lipinski definition) is 0. The SMILES string of the molecule is COc1ccc(-c2noc(C3(F)CCN(C(=O)Cc4c(C)noc4C)C3)n2)cc1. The molecule has 9 heteroatoms. The van der Waals surface area contributed by atoms with Crippen LogP contribution in [0.3, 0.4) is 0 Å². The van der Waals surface area contributed by atoms with E-state index in [4.69, 9.17) is 13.8 Å². The highest BCUT2D eigenvalue weighted by Gasteiger charge is 2.46. The van der Waals surface area contributed by atoms with Crippen LogP contribution in [-0.2, 0) is 16.9 Å². The van der Waals surface area contributed by atoms with Gasteiger partial charge in [-0.15, -0.1) is 0 Å². The minimum absolute atomic E-state index is 0.102. The van der Waals surface area contributed by atoms with Gasteiger partial charge in [0.05, 0.1) is 25.8 Å². The van der Waals surface area contributed by atoms with Crippen LogP contribution in [0.1, 0.15) is 29.3 Å². The molecule has 3 aromatic rings. The van der Waals surface area contributed by atoms with E-state index in [2.05, 4.69) is 15.3 Å². The summed E-state index contributed by atoms with van der Waals surface area (Å²) >= 11 is 0. The van der Waals surface area contributed by atoms with Gasteiger partial charge < -0.3 is 18.7 Å². The normalized spacial score (nSPS) is 19.0. The quantitative estimate of drug-likeness (QED) is 0.650. The number of benzene rings is 1. The van der Waals surface area contributed by atoms with Crippen molar-refractivity contribution >= 4 is 5.91 Å². The first-order valence-corrected chi connectivity index (χ1v) is 9.26. The minimum atomic E-state index is -1.87. The molecule has 0 bridgehead atoms. The first kappa shape index (κ1) is 19.1. The fourth-order valence-electron chi connectivity index (χ4n) is 3.44. The van der Waals surface area contributed by atoms with E-state index < -0.39 is 5.67 Å². The molecule has 0 saturated carbocycles. The van der Waals surface area contributed by atoms with Crippen molar-refractivity contribution in [3.63, 3.8) is 0 Å². The average Bonchev–Trinajstić information content (AvgIpc) is 3.44. The Balaban J connectivity index is 1.47. The molecule has 1 fully saturated rings. The van der Waals surface area contributed by atoms with Crippen molar-refractivity contribution < 1.29 is 23.0 Å². The fourth-order valence-corrected chi connectivity index (χ4v) is 3.44. The van der Waals surface area contributed by atoms with Crippen LogP contribution >= 0.6 is 0 Å². The molecule has 29 heavy (non-hydrogen) atoms. The van der Waals surface area contributed by atoms with Gasteiger partial charge in [0, 0.05) is 24.1 Å². The summed E-state index contributed by atoms with van der Waals surface area (Å²) in [5.41, 5.74) is 0.230. The molecule has 0 N–H and O–H groups in total. The van der Waals surface area contributed by atoms with Crippen molar-refractivity contribution in [1.29, 1.82) is 0 Å². The minimum Gasteiger partial charge on any atom is -0.497 e. The summed E-state index contributed by atoms with van der Waals surface area (Å²) in [6.07, 6.45) is 0.225. The highest BCUT2D eigenvalue weighted by atomic mass is 19.1. The molecule has 8 nitrogen and oxygen atoms in total. The molecular formula is C20H21FN4O4. The monoisotopic (exact) mass is 400 g/mol.